The lowest BCUT2D eigenvalue weighted by atomic mass is 10.0. The molecule has 0 aromatic heterocycles. The molecule has 0 aromatic rings. The Bertz CT molecular complexity index is 1210. The Hall–Kier alpha value is -1.02. The number of carbonyl (C=O) groups excluding carboxylic acids is 1. The molecular formula is C62H123N2O6P. The van der Waals surface area contributed by atoms with E-state index in [4.69, 9.17) is 9.05 Å². The van der Waals surface area contributed by atoms with E-state index in [2.05, 4.69) is 31.3 Å². The molecule has 0 aliphatic rings. The number of hydrogen-bond acceptors (Lipinski definition) is 6. The highest BCUT2D eigenvalue weighted by Crippen LogP contribution is 2.38. The number of likely N-dealkylation sites (N-methyl/N-ethyl adjacent to an activating group) is 1. The minimum absolute atomic E-state index is 0.00357. The molecule has 0 bridgehead atoms. The van der Waals surface area contributed by atoms with E-state index < -0.39 is 20.0 Å². The Kier molecular flexibility index (Phi) is 53.0. The fourth-order valence-corrected chi connectivity index (χ4v) is 10.2. The second-order valence-corrected chi connectivity index (χ2v) is 24.2. The van der Waals surface area contributed by atoms with Crippen molar-refractivity contribution in [3.8, 4) is 0 Å². The Balaban J connectivity index is 4.17. The molecule has 0 aliphatic heterocycles. The number of amides is 1. The van der Waals surface area contributed by atoms with Gasteiger partial charge in [-0.2, -0.15) is 0 Å². The average molecular weight is 1020 g/mol. The van der Waals surface area contributed by atoms with E-state index in [-0.39, 0.29) is 19.1 Å². The molecule has 0 rings (SSSR count). The number of carbonyl (C=O) groups is 1. The van der Waals surface area contributed by atoms with Crippen molar-refractivity contribution in [2.24, 2.45) is 0 Å². The molecule has 2 N–H and O–H groups in total. The quantitative estimate of drug-likeness (QED) is 0.0272. The summed E-state index contributed by atoms with van der Waals surface area (Å²) in [4.78, 5) is 25.5. The van der Waals surface area contributed by atoms with Gasteiger partial charge in [-0.3, -0.25) is 9.36 Å². The Morgan fingerprint density at radius 3 is 1.14 bits per heavy atom. The van der Waals surface area contributed by atoms with Crippen LogP contribution in [0.5, 0.6) is 0 Å². The first-order valence-corrected chi connectivity index (χ1v) is 32.7. The standard InChI is InChI=1S/C62H123N2O6P/c1-6-8-10-12-14-16-18-20-22-24-26-28-30-31-32-34-35-37-39-41-43-45-47-49-51-53-55-61(65)60(59-70-71(67,68)69-58-57-64(3,4)5)63-62(66)56-54-52-50-48-46-44-42-40-38-36-33-29-27-25-23-21-19-17-15-13-11-9-7-2/h45,47,53,55,60-61,65H,6-44,46,48-52,54,56-59H2,1-5H3,(H-,63,66,67,68)/b47-45+,55-53+. The highest BCUT2D eigenvalue weighted by Gasteiger charge is 2.23. The van der Waals surface area contributed by atoms with Crippen LogP contribution in [0.1, 0.15) is 316 Å². The molecule has 0 saturated carbocycles. The number of aliphatic hydroxyl groups excluding tert-OH is 1. The molecule has 3 unspecified atom stereocenters. The monoisotopic (exact) mass is 1020 g/mol. The molecule has 1 amide bonds. The number of aliphatic hydroxyl groups is 1. The second-order valence-electron chi connectivity index (χ2n) is 22.8. The van der Waals surface area contributed by atoms with Gasteiger partial charge in [0, 0.05) is 6.42 Å². The molecule has 422 valence electrons. The SMILES string of the molecule is CCCCCCCCCCCCCCCCCCCCCC/C=C/CC/C=C/C(O)C(COP(=O)([O-])OCC[N+](C)(C)C)NC(=O)CCCCCCCCCCCCCCCCCCCCCCCCC. The van der Waals surface area contributed by atoms with Crippen LogP contribution in [0.3, 0.4) is 0 Å². The molecule has 0 spiro atoms. The number of hydrogen-bond donors (Lipinski definition) is 2. The van der Waals surface area contributed by atoms with Crippen LogP contribution in [-0.4, -0.2) is 68.5 Å². The van der Waals surface area contributed by atoms with Gasteiger partial charge < -0.3 is 28.8 Å². The van der Waals surface area contributed by atoms with Gasteiger partial charge in [0.1, 0.15) is 13.2 Å². The summed E-state index contributed by atoms with van der Waals surface area (Å²) in [5.41, 5.74) is 0. The molecule has 9 heteroatoms. The summed E-state index contributed by atoms with van der Waals surface area (Å²) < 4.78 is 23.4. The van der Waals surface area contributed by atoms with Gasteiger partial charge in [-0.25, -0.2) is 0 Å². The highest BCUT2D eigenvalue weighted by molar-refractivity contribution is 7.45. The van der Waals surface area contributed by atoms with Crippen molar-refractivity contribution in [3.63, 3.8) is 0 Å². The Labute approximate surface area is 443 Å². The molecule has 0 radical (unpaired) electrons. The number of nitrogens with one attached hydrogen (secondary N) is 1. The van der Waals surface area contributed by atoms with Crippen LogP contribution >= 0.6 is 7.82 Å². The maximum Gasteiger partial charge on any atom is 0.268 e. The van der Waals surface area contributed by atoms with Crippen molar-refractivity contribution in [1.29, 1.82) is 0 Å². The van der Waals surface area contributed by atoms with Gasteiger partial charge in [0.15, 0.2) is 0 Å². The lowest BCUT2D eigenvalue weighted by molar-refractivity contribution is -0.870. The summed E-state index contributed by atoms with van der Waals surface area (Å²) in [6.45, 7) is 4.68. The number of unbranched alkanes of at least 4 members (excludes halogenated alkanes) is 43. The predicted octanol–water partition coefficient (Wildman–Crippen LogP) is 18.5. The third kappa shape index (κ3) is 56.5. The molecule has 0 aliphatic carbocycles. The zero-order valence-electron chi connectivity index (χ0n) is 48.2. The van der Waals surface area contributed by atoms with Crippen LogP contribution < -0.4 is 10.2 Å². The molecule has 3 atom stereocenters. The van der Waals surface area contributed by atoms with Gasteiger partial charge in [-0.05, 0) is 32.1 Å². The van der Waals surface area contributed by atoms with E-state index in [0.29, 0.717) is 17.4 Å². The summed E-state index contributed by atoms with van der Waals surface area (Å²) >= 11 is 0. The van der Waals surface area contributed by atoms with E-state index in [9.17, 15) is 19.4 Å². The van der Waals surface area contributed by atoms with E-state index >= 15 is 0 Å². The van der Waals surface area contributed by atoms with Gasteiger partial charge in [-0.1, -0.05) is 301 Å². The highest BCUT2D eigenvalue weighted by atomic mass is 31.2. The fourth-order valence-electron chi connectivity index (χ4n) is 9.53. The number of quaternary nitrogens is 1. The van der Waals surface area contributed by atoms with Crippen LogP contribution in [0.2, 0.25) is 0 Å². The number of allylic oxidation sites excluding steroid dienone is 3. The van der Waals surface area contributed by atoms with Crippen molar-refractivity contribution < 1.29 is 32.9 Å². The average Bonchev–Trinajstić information content (AvgIpc) is 3.33. The third-order valence-corrected chi connectivity index (χ3v) is 15.4. The zero-order valence-corrected chi connectivity index (χ0v) is 49.1. The van der Waals surface area contributed by atoms with Gasteiger partial charge in [0.05, 0.1) is 39.9 Å². The van der Waals surface area contributed by atoms with Crippen molar-refractivity contribution in [1.82, 2.24) is 5.32 Å². The van der Waals surface area contributed by atoms with Crippen molar-refractivity contribution in [3.05, 3.63) is 24.3 Å². The van der Waals surface area contributed by atoms with Crippen molar-refractivity contribution in [2.45, 2.75) is 328 Å². The smallest absolute Gasteiger partial charge is 0.268 e. The van der Waals surface area contributed by atoms with E-state index in [1.165, 1.54) is 257 Å². The first kappa shape index (κ1) is 70.0. The van der Waals surface area contributed by atoms with Gasteiger partial charge >= 0.3 is 0 Å². The molecule has 0 fully saturated rings. The Morgan fingerprint density at radius 1 is 0.479 bits per heavy atom. The van der Waals surface area contributed by atoms with Crippen molar-refractivity contribution in [2.75, 3.05) is 40.9 Å². The summed E-state index contributed by atoms with van der Waals surface area (Å²) in [6, 6.07) is -0.901. The third-order valence-electron chi connectivity index (χ3n) is 14.4. The summed E-state index contributed by atoms with van der Waals surface area (Å²) in [5, 5.41) is 13.9. The van der Waals surface area contributed by atoms with Gasteiger partial charge in [0.2, 0.25) is 5.91 Å². The minimum atomic E-state index is -4.60. The first-order chi connectivity index (χ1) is 34.5. The van der Waals surface area contributed by atoms with E-state index in [1.54, 1.807) is 6.08 Å². The van der Waals surface area contributed by atoms with E-state index in [1.807, 2.05) is 27.2 Å². The first-order valence-electron chi connectivity index (χ1n) is 31.2. The predicted molar refractivity (Wildman–Crippen MR) is 307 cm³/mol. The number of nitrogens with zero attached hydrogens (tertiary/aromatic N) is 1. The van der Waals surface area contributed by atoms with Gasteiger partial charge in [0.25, 0.3) is 7.82 Å². The maximum absolute atomic E-state index is 13.0. The molecule has 8 nitrogen and oxygen atoms in total. The summed E-state index contributed by atoms with van der Waals surface area (Å²) in [7, 11) is 1.26. The molecular weight excluding hydrogens is 900 g/mol. The van der Waals surface area contributed by atoms with E-state index in [0.717, 1.165) is 38.5 Å². The minimum Gasteiger partial charge on any atom is -0.756 e. The topological polar surface area (TPSA) is 108 Å². The number of phosphoric ester groups is 1. The number of rotatable bonds is 58. The van der Waals surface area contributed by atoms with Crippen LogP contribution in [0.25, 0.3) is 0 Å². The summed E-state index contributed by atoms with van der Waals surface area (Å²) in [5.74, 6) is -0.200. The fraction of sp³-hybridized carbons (Fsp3) is 0.919. The van der Waals surface area contributed by atoms with Crippen molar-refractivity contribution >= 4 is 13.7 Å². The number of phosphoric acid groups is 1. The Morgan fingerprint density at radius 2 is 0.789 bits per heavy atom. The molecule has 0 aromatic carbocycles. The summed E-state index contributed by atoms with van der Waals surface area (Å²) in [6.07, 6.45) is 68.5. The largest absolute Gasteiger partial charge is 0.756 e. The normalized spacial score (nSPS) is 14.0. The zero-order chi connectivity index (χ0) is 52.0. The molecule has 0 heterocycles. The lowest BCUT2D eigenvalue weighted by Crippen LogP contribution is -2.45. The maximum atomic E-state index is 13.0. The lowest BCUT2D eigenvalue weighted by Gasteiger charge is -2.29. The second kappa shape index (κ2) is 53.8. The van der Waals surface area contributed by atoms with Crippen LogP contribution in [-0.2, 0) is 18.4 Å². The van der Waals surface area contributed by atoms with Gasteiger partial charge in [-0.15, -0.1) is 0 Å². The van der Waals surface area contributed by atoms with Crippen LogP contribution in [0, 0.1) is 0 Å². The van der Waals surface area contributed by atoms with Crippen LogP contribution in [0.4, 0.5) is 0 Å². The molecule has 0 saturated heterocycles. The molecule has 71 heavy (non-hydrogen) atoms. The van der Waals surface area contributed by atoms with Crippen LogP contribution in [0.15, 0.2) is 24.3 Å².